The first-order valence-corrected chi connectivity index (χ1v) is 9.78. The van der Waals surface area contributed by atoms with Crippen molar-refractivity contribution >= 4 is 22.8 Å². The summed E-state index contributed by atoms with van der Waals surface area (Å²) in [6.45, 7) is 2.18. The second kappa shape index (κ2) is 7.67. The molecular weight excluding hydrogens is 384 g/mol. The van der Waals surface area contributed by atoms with Crippen LogP contribution in [0.15, 0.2) is 36.9 Å². The Kier molecular flexibility index (Phi) is 4.71. The van der Waals surface area contributed by atoms with Crippen molar-refractivity contribution in [1.82, 2.24) is 44.6 Å². The monoisotopic (exact) mass is 406 g/mol. The van der Waals surface area contributed by atoms with Crippen LogP contribution in [-0.4, -0.2) is 71.9 Å². The van der Waals surface area contributed by atoms with E-state index in [1.54, 1.807) is 36.4 Å². The lowest BCUT2D eigenvalue weighted by atomic mass is 10.1. The largest absolute Gasteiger partial charge is 0.481 e. The zero-order valence-electron chi connectivity index (χ0n) is 16.8. The van der Waals surface area contributed by atoms with E-state index >= 15 is 0 Å². The molecule has 4 aromatic rings. The van der Waals surface area contributed by atoms with Gasteiger partial charge in [0.1, 0.15) is 0 Å². The molecule has 1 fully saturated rings. The Balaban J connectivity index is 1.37. The molecule has 1 N–H and O–H groups in total. The topological polar surface area (TPSA) is 112 Å². The van der Waals surface area contributed by atoms with E-state index in [-0.39, 0.29) is 0 Å². The second-order valence-electron chi connectivity index (χ2n) is 7.33. The van der Waals surface area contributed by atoms with E-state index in [2.05, 4.69) is 47.6 Å². The maximum Gasteiger partial charge on any atom is 0.229 e. The minimum Gasteiger partial charge on any atom is -0.481 e. The summed E-state index contributed by atoms with van der Waals surface area (Å²) in [5, 5.41) is 16.1. The van der Waals surface area contributed by atoms with Crippen LogP contribution in [0.3, 0.4) is 0 Å². The van der Waals surface area contributed by atoms with Gasteiger partial charge in [-0.2, -0.15) is 14.8 Å². The van der Waals surface area contributed by atoms with Gasteiger partial charge in [-0.05, 0) is 39.0 Å². The van der Waals surface area contributed by atoms with Gasteiger partial charge in [-0.1, -0.05) is 5.21 Å². The lowest BCUT2D eigenvalue weighted by Gasteiger charge is -2.28. The number of pyridine rings is 1. The zero-order valence-corrected chi connectivity index (χ0v) is 16.8. The van der Waals surface area contributed by atoms with Gasteiger partial charge in [0.15, 0.2) is 11.2 Å². The number of aromatic nitrogens is 8. The van der Waals surface area contributed by atoms with Crippen molar-refractivity contribution in [2.24, 2.45) is 0 Å². The Morgan fingerprint density at radius 3 is 2.73 bits per heavy atom. The van der Waals surface area contributed by atoms with Gasteiger partial charge >= 0.3 is 0 Å². The summed E-state index contributed by atoms with van der Waals surface area (Å²) in [6.07, 6.45) is 9.31. The van der Waals surface area contributed by atoms with Gasteiger partial charge in [0, 0.05) is 12.3 Å². The number of anilines is 2. The minimum atomic E-state index is 0.424. The maximum absolute atomic E-state index is 5.11. The van der Waals surface area contributed by atoms with Gasteiger partial charge in [0.05, 0.1) is 43.1 Å². The molecule has 0 radical (unpaired) electrons. The number of ether oxygens (including phenoxy) is 1. The molecule has 0 atom stereocenters. The third-order valence-electron chi connectivity index (χ3n) is 5.29. The Morgan fingerprint density at radius 1 is 1.10 bits per heavy atom. The molecule has 5 rings (SSSR count). The highest BCUT2D eigenvalue weighted by Crippen LogP contribution is 2.23. The van der Waals surface area contributed by atoms with E-state index in [0.29, 0.717) is 29.0 Å². The van der Waals surface area contributed by atoms with Crippen molar-refractivity contribution < 1.29 is 4.74 Å². The third-order valence-corrected chi connectivity index (χ3v) is 5.29. The van der Waals surface area contributed by atoms with Crippen molar-refractivity contribution in [3.05, 3.63) is 36.9 Å². The molecule has 1 saturated heterocycles. The number of nitrogens with zero attached hydrogens (tertiary/aromatic N) is 9. The smallest absolute Gasteiger partial charge is 0.229 e. The molecule has 0 spiro atoms. The molecule has 0 aliphatic carbocycles. The number of hydrogen-bond acceptors (Lipinski definition) is 9. The number of nitrogens with one attached hydrogen (secondary N) is 1. The van der Waals surface area contributed by atoms with Gasteiger partial charge < -0.3 is 15.0 Å². The van der Waals surface area contributed by atoms with E-state index in [1.807, 2.05) is 16.9 Å². The lowest BCUT2D eigenvalue weighted by Crippen LogP contribution is -2.31. The number of rotatable bonds is 5. The van der Waals surface area contributed by atoms with Crippen LogP contribution in [0.25, 0.3) is 16.9 Å². The molecule has 1 aliphatic rings. The van der Waals surface area contributed by atoms with Crippen LogP contribution in [0.5, 0.6) is 5.88 Å². The number of likely N-dealkylation sites (tertiary alicyclic amines) is 1. The molecule has 0 aromatic carbocycles. The van der Waals surface area contributed by atoms with Crippen LogP contribution in [0.1, 0.15) is 18.9 Å². The Labute approximate surface area is 172 Å². The predicted molar refractivity (Wildman–Crippen MR) is 110 cm³/mol. The molecule has 154 valence electrons. The molecular formula is C19H22N10O. The molecule has 30 heavy (non-hydrogen) atoms. The highest BCUT2D eigenvalue weighted by molar-refractivity contribution is 5.72. The van der Waals surface area contributed by atoms with Gasteiger partial charge in [-0.3, -0.25) is 4.68 Å². The van der Waals surface area contributed by atoms with Gasteiger partial charge in [-0.15, -0.1) is 5.10 Å². The maximum atomic E-state index is 5.11. The van der Waals surface area contributed by atoms with Crippen molar-refractivity contribution in [2.75, 3.05) is 32.6 Å². The third kappa shape index (κ3) is 3.54. The summed E-state index contributed by atoms with van der Waals surface area (Å²) < 4.78 is 8.76. The number of piperidine rings is 1. The highest BCUT2D eigenvalue weighted by Gasteiger charge is 2.19. The van der Waals surface area contributed by atoms with Crippen molar-refractivity contribution in [1.29, 1.82) is 0 Å². The average Bonchev–Trinajstić information content (AvgIpc) is 3.41. The summed E-state index contributed by atoms with van der Waals surface area (Å²) in [4.78, 5) is 15.5. The fraction of sp³-hybridized carbons (Fsp3) is 0.368. The summed E-state index contributed by atoms with van der Waals surface area (Å²) >= 11 is 0. The van der Waals surface area contributed by atoms with Crippen LogP contribution < -0.4 is 10.1 Å². The first-order valence-electron chi connectivity index (χ1n) is 9.78. The fourth-order valence-corrected chi connectivity index (χ4v) is 3.57. The van der Waals surface area contributed by atoms with E-state index in [0.717, 1.165) is 37.3 Å². The molecule has 0 bridgehead atoms. The quantitative estimate of drug-likeness (QED) is 0.530. The molecule has 5 heterocycles. The van der Waals surface area contributed by atoms with Gasteiger partial charge in [-0.25, -0.2) is 9.97 Å². The molecule has 0 amide bonds. The molecule has 4 aromatic heterocycles. The molecule has 11 heteroatoms. The average molecular weight is 406 g/mol. The van der Waals surface area contributed by atoms with E-state index in [9.17, 15) is 0 Å². The Morgan fingerprint density at radius 2 is 1.97 bits per heavy atom. The molecule has 11 nitrogen and oxygen atoms in total. The summed E-state index contributed by atoms with van der Waals surface area (Å²) in [5.74, 6) is 0.984. The second-order valence-corrected chi connectivity index (χ2v) is 7.33. The predicted octanol–water partition coefficient (Wildman–Crippen LogP) is 1.82. The van der Waals surface area contributed by atoms with Crippen molar-refractivity contribution in [3.63, 3.8) is 0 Å². The van der Waals surface area contributed by atoms with Crippen molar-refractivity contribution in [3.8, 4) is 11.6 Å². The van der Waals surface area contributed by atoms with Crippen LogP contribution in [0, 0.1) is 0 Å². The Bertz CT molecular complexity index is 1140. The summed E-state index contributed by atoms with van der Waals surface area (Å²) in [7, 11) is 3.73. The molecule has 0 unspecified atom stereocenters. The number of fused-ring (bicyclic) bond motifs is 1. The summed E-state index contributed by atoms with van der Waals surface area (Å²) in [5.41, 5.74) is 2.76. The minimum absolute atomic E-state index is 0.424. The lowest BCUT2D eigenvalue weighted by molar-refractivity contribution is 0.212. The first kappa shape index (κ1) is 18.4. The summed E-state index contributed by atoms with van der Waals surface area (Å²) in [6, 6.07) is 4.04. The standard InChI is InChI=1S/C19H22N10O/c1-27-7-5-14(6-8-27)28-12-13(9-22-28)23-19-21-11-16-18(24-19)29(26-25-16)15-3-4-17(30-2)20-10-15/h3-4,9-12,14H,5-8H2,1-2H3,(H,21,23,24). The van der Waals surface area contributed by atoms with Crippen LogP contribution in [0.2, 0.25) is 0 Å². The van der Waals surface area contributed by atoms with Crippen LogP contribution >= 0.6 is 0 Å². The zero-order chi connectivity index (χ0) is 20.5. The number of hydrogen-bond donors (Lipinski definition) is 1. The fourth-order valence-electron chi connectivity index (χ4n) is 3.57. The normalized spacial score (nSPS) is 15.5. The van der Waals surface area contributed by atoms with E-state index in [1.165, 1.54) is 0 Å². The van der Waals surface area contributed by atoms with Gasteiger partial charge in [0.25, 0.3) is 0 Å². The molecule has 1 aliphatic heterocycles. The SMILES string of the molecule is COc1ccc(-n2nnc3cnc(Nc4cnn(C5CCN(C)CC5)c4)nc32)cn1. The van der Waals surface area contributed by atoms with E-state index < -0.39 is 0 Å². The van der Waals surface area contributed by atoms with E-state index in [4.69, 9.17) is 4.74 Å². The van der Waals surface area contributed by atoms with Crippen molar-refractivity contribution in [2.45, 2.75) is 18.9 Å². The van der Waals surface area contributed by atoms with Crippen LogP contribution in [0.4, 0.5) is 11.6 Å². The first-order chi connectivity index (χ1) is 14.7. The Hall–Kier alpha value is -3.60. The molecule has 0 saturated carbocycles. The highest BCUT2D eigenvalue weighted by atomic mass is 16.5. The number of methoxy groups -OCH3 is 1. The van der Waals surface area contributed by atoms with Crippen LogP contribution in [-0.2, 0) is 0 Å². The van der Waals surface area contributed by atoms with Gasteiger partial charge in [0.2, 0.25) is 11.8 Å².